The first kappa shape index (κ1) is 29.6. The maximum Gasteiger partial charge on any atom is 0.258 e. The van der Waals surface area contributed by atoms with Crippen LogP contribution in [0.5, 0.6) is 0 Å². The van der Waals surface area contributed by atoms with E-state index in [4.69, 9.17) is 17.3 Å². The highest BCUT2D eigenvalue weighted by Crippen LogP contribution is 2.38. The number of fused-ring (bicyclic) bond motifs is 2. The van der Waals surface area contributed by atoms with Gasteiger partial charge in [0.2, 0.25) is 5.91 Å². The molecule has 1 aromatic heterocycles. The Labute approximate surface area is 240 Å². The van der Waals surface area contributed by atoms with Crippen LogP contribution < -0.4 is 11.3 Å². The summed E-state index contributed by atoms with van der Waals surface area (Å²) in [7, 11) is -3.21. The van der Waals surface area contributed by atoms with E-state index in [0.29, 0.717) is 51.9 Å². The van der Waals surface area contributed by atoms with Gasteiger partial charge in [-0.05, 0) is 72.7 Å². The van der Waals surface area contributed by atoms with Crippen LogP contribution >= 0.6 is 11.6 Å². The van der Waals surface area contributed by atoms with E-state index in [0.717, 1.165) is 35.6 Å². The summed E-state index contributed by atoms with van der Waals surface area (Å²) < 4.78 is 24.8. The van der Waals surface area contributed by atoms with Crippen LogP contribution in [0.15, 0.2) is 51.8 Å². The van der Waals surface area contributed by atoms with Crippen molar-refractivity contribution in [1.82, 2.24) is 9.47 Å². The molecule has 1 aliphatic heterocycles. The van der Waals surface area contributed by atoms with Crippen molar-refractivity contribution >= 4 is 55.7 Å². The molecule has 10 heteroatoms. The number of nitrogens with zero attached hydrogens (tertiary/aromatic N) is 3. The molecule has 0 spiro atoms. The topological polar surface area (TPSA) is 115 Å². The summed E-state index contributed by atoms with van der Waals surface area (Å²) in [5.41, 5.74) is 10.1. The Bertz CT molecular complexity index is 1700. The van der Waals surface area contributed by atoms with Gasteiger partial charge in [0, 0.05) is 54.5 Å². The van der Waals surface area contributed by atoms with Crippen LogP contribution in [-0.2, 0) is 21.2 Å². The van der Waals surface area contributed by atoms with Gasteiger partial charge in [0.15, 0.2) is 0 Å². The number of amidine groups is 1. The molecule has 1 aliphatic rings. The number of carbonyl (C=O) groups excluding carboxylic acids is 1. The Morgan fingerprint density at radius 3 is 2.45 bits per heavy atom. The fourth-order valence-electron chi connectivity index (χ4n) is 5.02. The zero-order valence-corrected chi connectivity index (χ0v) is 24.9. The van der Waals surface area contributed by atoms with Gasteiger partial charge in [-0.25, -0.2) is 13.4 Å². The predicted octanol–water partition coefficient (Wildman–Crippen LogP) is 5.10. The second-order valence-electron chi connectivity index (χ2n) is 10.3. The lowest BCUT2D eigenvalue weighted by Crippen LogP contribution is -2.34. The molecule has 0 bridgehead atoms. The van der Waals surface area contributed by atoms with Crippen molar-refractivity contribution in [3.05, 3.63) is 68.6 Å². The summed E-state index contributed by atoms with van der Waals surface area (Å²) in [4.78, 5) is 32.9. The Balaban J connectivity index is 1.74. The minimum atomic E-state index is -3.21. The highest BCUT2D eigenvalue weighted by Gasteiger charge is 2.22. The number of hydrogen-bond donors (Lipinski definition) is 1. The number of benzene rings is 2. The van der Waals surface area contributed by atoms with Crippen molar-refractivity contribution in [3.8, 4) is 11.1 Å². The zero-order chi connectivity index (χ0) is 29.2. The number of rotatable bonds is 9. The normalized spacial score (nSPS) is 13.4. The largest absolute Gasteiger partial charge is 0.387 e. The van der Waals surface area contributed by atoms with Gasteiger partial charge < -0.3 is 15.2 Å². The van der Waals surface area contributed by atoms with Gasteiger partial charge in [0.1, 0.15) is 15.7 Å². The van der Waals surface area contributed by atoms with Gasteiger partial charge in [-0.1, -0.05) is 31.5 Å². The molecular weight excluding hydrogens is 548 g/mol. The van der Waals surface area contributed by atoms with Crippen molar-refractivity contribution in [2.75, 3.05) is 25.1 Å². The molecule has 0 aliphatic carbocycles. The van der Waals surface area contributed by atoms with Crippen LogP contribution in [-0.4, -0.2) is 54.7 Å². The lowest BCUT2D eigenvalue weighted by Gasteiger charge is -2.22. The molecule has 4 rings (SSSR count). The third kappa shape index (κ3) is 6.47. The molecule has 2 heterocycles. The highest BCUT2D eigenvalue weighted by molar-refractivity contribution is 7.90. The maximum absolute atomic E-state index is 13.3. The standard InChI is InChI=1S/C30H35ClN4O4S/c1-5-9-34(10-6-2)29(36)23-15-25-26(31)16-21(17-27(25)33-28(32)18-23)20-7-8-24-22(14-20)13-19(3)35(30(24)37)11-12-40(4,38)39/h7-8,13-17H,5-6,9-12,18H2,1-4H3,(H2,32,33). The average Bonchev–Trinajstić information content (AvgIpc) is 3.05. The quantitative estimate of drug-likeness (QED) is 0.377. The summed E-state index contributed by atoms with van der Waals surface area (Å²) in [6, 6.07) is 11.1. The van der Waals surface area contributed by atoms with Crippen molar-refractivity contribution in [1.29, 1.82) is 0 Å². The number of aliphatic imine (C=N–C) groups is 1. The third-order valence-corrected chi connectivity index (χ3v) is 8.18. The highest BCUT2D eigenvalue weighted by atomic mass is 35.5. The summed E-state index contributed by atoms with van der Waals surface area (Å²) in [5.74, 6) is 0.177. The van der Waals surface area contributed by atoms with Crippen LogP contribution in [0.3, 0.4) is 0 Å². The summed E-state index contributed by atoms with van der Waals surface area (Å²) in [6.07, 6.45) is 4.93. The summed E-state index contributed by atoms with van der Waals surface area (Å²) >= 11 is 6.77. The molecule has 0 fully saturated rings. The van der Waals surface area contributed by atoms with E-state index in [1.54, 1.807) is 19.1 Å². The summed E-state index contributed by atoms with van der Waals surface area (Å²) in [5, 5.41) is 1.69. The van der Waals surface area contributed by atoms with E-state index >= 15 is 0 Å². The lowest BCUT2D eigenvalue weighted by atomic mass is 9.98. The third-order valence-electron chi connectivity index (χ3n) is 6.95. The van der Waals surface area contributed by atoms with E-state index in [9.17, 15) is 18.0 Å². The molecule has 40 heavy (non-hydrogen) atoms. The van der Waals surface area contributed by atoms with Crippen LogP contribution in [0.2, 0.25) is 5.02 Å². The number of aromatic nitrogens is 1. The maximum atomic E-state index is 13.3. The molecule has 2 N–H and O–H groups in total. The minimum Gasteiger partial charge on any atom is -0.387 e. The van der Waals surface area contributed by atoms with E-state index in [1.807, 2.05) is 49.1 Å². The van der Waals surface area contributed by atoms with Gasteiger partial charge in [-0.15, -0.1) is 0 Å². The van der Waals surface area contributed by atoms with E-state index in [1.165, 1.54) is 4.57 Å². The molecule has 0 saturated heterocycles. The van der Waals surface area contributed by atoms with E-state index in [-0.39, 0.29) is 30.2 Å². The fraction of sp³-hybridized carbons (Fsp3) is 0.367. The first-order valence-corrected chi connectivity index (χ1v) is 15.8. The van der Waals surface area contributed by atoms with Crippen LogP contribution in [0.25, 0.3) is 28.0 Å². The molecular formula is C30H35ClN4O4S. The molecule has 8 nitrogen and oxygen atoms in total. The molecule has 3 aromatic rings. The fourth-order valence-corrected chi connectivity index (χ4v) is 5.80. The zero-order valence-electron chi connectivity index (χ0n) is 23.3. The summed E-state index contributed by atoms with van der Waals surface area (Å²) in [6.45, 7) is 7.33. The molecule has 212 valence electrons. The van der Waals surface area contributed by atoms with E-state index in [2.05, 4.69) is 4.99 Å². The van der Waals surface area contributed by atoms with Crippen LogP contribution in [0, 0.1) is 6.92 Å². The van der Waals surface area contributed by atoms with Crippen molar-refractivity contribution in [2.24, 2.45) is 10.7 Å². The number of pyridine rings is 1. The van der Waals surface area contributed by atoms with Crippen molar-refractivity contribution in [2.45, 2.75) is 46.6 Å². The SMILES string of the molecule is CCCN(CCC)C(=O)C1=Cc2c(Cl)cc(-c3ccc4c(=O)n(CCS(C)(=O)=O)c(C)cc4c3)cc2N=C(N)C1. The number of halogens is 1. The van der Waals surface area contributed by atoms with Crippen molar-refractivity contribution in [3.63, 3.8) is 0 Å². The Morgan fingerprint density at radius 1 is 1.10 bits per heavy atom. The number of sulfone groups is 1. The van der Waals surface area contributed by atoms with Gasteiger partial charge in [-0.3, -0.25) is 9.59 Å². The van der Waals surface area contributed by atoms with Gasteiger partial charge in [-0.2, -0.15) is 0 Å². The Morgan fingerprint density at radius 2 is 1.80 bits per heavy atom. The lowest BCUT2D eigenvalue weighted by molar-refractivity contribution is -0.127. The minimum absolute atomic E-state index is 0.0538. The first-order valence-electron chi connectivity index (χ1n) is 13.4. The number of carbonyl (C=O) groups is 1. The number of nitrogens with two attached hydrogens (primary N) is 1. The number of amides is 1. The van der Waals surface area contributed by atoms with Crippen LogP contribution in [0.4, 0.5) is 5.69 Å². The average molecular weight is 583 g/mol. The van der Waals surface area contributed by atoms with Gasteiger partial charge >= 0.3 is 0 Å². The Kier molecular flexibility index (Phi) is 8.85. The number of aryl methyl sites for hydroxylation is 1. The Hall–Kier alpha value is -3.43. The van der Waals surface area contributed by atoms with Gasteiger partial charge in [0.05, 0.1) is 16.5 Å². The molecule has 1 amide bonds. The first-order chi connectivity index (χ1) is 18.9. The monoisotopic (exact) mass is 582 g/mol. The second-order valence-corrected chi connectivity index (χ2v) is 13.0. The molecule has 0 atom stereocenters. The molecule has 2 aromatic carbocycles. The smallest absolute Gasteiger partial charge is 0.258 e. The molecule has 0 unspecified atom stereocenters. The van der Waals surface area contributed by atoms with E-state index < -0.39 is 9.84 Å². The molecule has 0 saturated carbocycles. The predicted molar refractivity (Wildman–Crippen MR) is 164 cm³/mol. The molecule has 0 radical (unpaired) electrons. The second kappa shape index (κ2) is 12.0. The number of hydrogen-bond acceptors (Lipinski definition) is 6. The van der Waals surface area contributed by atoms with Crippen molar-refractivity contribution < 1.29 is 13.2 Å². The van der Waals surface area contributed by atoms with Crippen LogP contribution in [0.1, 0.15) is 44.4 Å². The van der Waals surface area contributed by atoms with Gasteiger partial charge in [0.25, 0.3) is 5.56 Å².